The maximum atomic E-state index is 11.9. The summed E-state index contributed by atoms with van der Waals surface area (Å²) in [5.74, 6) is 0.215. The highest BCUT2D eigenvalue weighted by Crippen LogP contribution is 2.29. The highest BCUT2D eigenvalue weighted by molar-refractivity contribution is 6.31. The molecule has 0 spiro atoms. The first-order chi connectivity index (χ1) is 9.25. The van der Waals surface area contributed by atoms with Gasteiger partial charge in [-0.1, -0.05) is 23.7 Å². The Morgan fingerprint density at radius 2 is 2.11 bits per heavy atom. The third-order valence-corrected chi connectivity index (χ3v) is 3.71. The van der Waals surface area contributed by atoms with Crippen LogP contribution in [0.5, 0.6) is 0 Å². The van der Waals surface area contributed by atoms with Crippen LogP contribution in [0.3, 0.4) is 0 Å². The molecule has 0 unspecified atom stereocenters. The number of Topliss-reactive ketones (excluding diaryl/α,β-unsaturated/α-hetero) is 1. The van der Waals surface area contributed by atoms with Crippen molar-refractivity contribution in [3.8, 4) is 0 Å². The van der Waals surface area contributed by atoms with Gasteiger partial charge < -0.3 is 4.90 Å². The summed E-state index contributed by atoms with van der Waals surface area (Å²) in [5, 5.41) is 0.664. The third kappa shape index (κ3) is 2.34. The molecule has 1 aliphatic heterocycles. The van der Waals surface area contributed by atoms with Crippen molar-refractivity contribution in [3.05, 3.63) is 58.9 Å². The number of pyridine rings is 1. The number of para-hydroxylation sites is 1. The van der Waals surface area contributed by atoms with E-state index in [1.165, 1.54) is 0 Å². The van der Waals surface area contributed by atoms with E-state index in [1.807, 2.05) is 30.3 Å². The molecular formula is C15H13ClN2O. The lowest BCUT2D eigenvalue weighted by molar-refractivity contribution is 0.0979. The summed E-state index contributed by atoms with van der Waals surface area (Å²) in [6.07, 6.45) is 3.94. The Balaban J connectivity index is 1.93. The van der Waals surface area contributed by atoms with Crippen LogP contribution in [0, 0.1) is 0 Å². The highest BCUT2D eigenvalue weighted by atomic mass is 35.5. The van der Waals surface area contributed by atoms with E-state index in [2.05, 4.69) is 9.88 Å². The molecule has 3 nitrogen and oxygen atoms in total. The number of carbonyl (C=O) groups excluding carboxylic acids is 1. The Bertz CT molecular complexity index is 627. The van der Waals surface area contributed by atoms with Crippen molar-refractivity contribution in [2.75, 3.05) is 11.4 Å². The molecule has 4 heteroatoms. The zero-order valence-corrected chi connectivity index (χ0v) is 11.1. The molecule has 0 bridgehead atoms. The molecule has 0 fully saturated rings. The summed E-state index contributed by atoms with van der Waals surface area (Å²) in [6.45, 7) is 1.43. The summed E-state index contributed by atoms with van der Waals surface area (Å²) in [7, 11) is 0. The fourth-order valence-electron chi connectivity index (χ4n) is 2.38. The minimum Gasteiger partial charge on any atom is -0.366 e. The van der Waals surface area contributed by atoms with E-state index in [9.17, 15) is 4.79 Å². The van der Waals surface area contributed by atoms with Gasteiger partial charge >= 0.3 is 0 Å². The Labute approximate surface area is 116 Å². The Morgan fingerprint density at radius 3 is 2.95 bits per heavy atom. The first-order valence-electron chi connectivity index (χ1n) is 6.21. The maximum Gasteiger partial charge on any atom is 0.166 e. The van der Waals surface area contributed by atoms with Crippen molar-refractivity contribution in [3.63, 3.8) is 0 Å². The van der Waals surface area contributed by atoms with Crippen LogP contribution < -0.4 is 4.90 Å². The first kappa shape index (κ1) is 12.2. The number of carbonyl (C=O) groups is 1. The van der Waals surface area contributed by atoms with Gasteiger partial charge in [0.25, 0.3) is 0 Å². The van der Waals surface area contributed by atoms with Crippen molar-refractivity contribution in [1.29, 1.82) is 0 Å². The van der Waals surface area contributed by atoms with Gasteiger partial charge in [-0.25, -0.2) is 0 Å². The molecule has 1 aromatic carbocycles. The first-order valence-corrected chi connectivity index (χ1v) is 6.59. The van der Waals surface area contributed by atoms with Crippen molar-refractivity contribution in [2.24, 2.45) is 0 Å². The number of aromatic nitrogens is 1. The second-order valence-corrected chi connectivity index (χ2v) is 4.99. The highest BCUT2D eigenvalue weighted by Gasteiger charge is 2.22. The van der Waals surface area contributed by atoms with Crippen LogP contribution in [0.15, 0.2) is 42.7 Å². The fourth-order valence-corrected chi connectivity index (χ4v) is 2.56. The van der Waals surface area contributed by atoms with Gasteiger partial charge in [-0.05, 0) is 23.8 Å². The molecule has 0 radical (unpaired) electrons. The number of rotatable bonds is 2. The van der Waals surface area contributed by atoms with Gasteiger partial charge in [0.1, 0.15) is 0 Å². The molecule has 2 heterocycles. The van der Waals surface area contributed by atoms with E-state index >= 15 is 0 Å². The lowest BCUT2D eigenvalue weighted by Crippen LogP contribution is -2.31. The molecule has 3 rings (SSSR count). The van der Waals surface area contributed by atoms with E-state index in [0.717, 1.165) is 23.4 Å². The average molecular weight is 273 g/mol. The van der Waals surface area contributed by atoms with Crippen LogP contribution >= 0.6 is 11.6 Å². The fraction of sp³-hybridized carbons (Fsp3) is 0.200. The molecule has 1 aromatic heterocycles. The summed E-state index contributed by atoms with van der Waals surface area (Å²) < 4.78 is 0. The predicted octanol–water partition coefficient (Wildman–Crippen LogP) is 3.33. The minimum absolute atomic E-state index is 0.215. The number of halogens is 1. The number of hydrogen-bond acceptors (Lipinski definition) is 3. The van der Waals surface area contributed by atoms with E-state index in [-0.39, 0.29) is 5.78 Å². The van der Waals surface area contributed by atoms with Crippen LogP contribution in [0.1, 0.15) is 22.3 Å². The van der Waals surface area contributed by atoms with Gasteiger partial charge in [-0.15, -0.1) is 0 Å². The van der Waals surface area contributed by atoms with Crippen LogP contribution in [-0.2, 0) is 6.54 Å². The summed E-state index contributed by atoms with van der Waals surface area (Å²) in [4.78, 5) is 18.1. The average Bonchev–Trinajstić information content (AvgIpc) is 2.44. The predicted molar refractivity (Wildman–Crippen MR) is 75.7 cm³/mol. The summed E-state index contributed by atoms with van der Waals surface area (Å²) in [6, 6.07) is 9.65. The van der Waals surface area contributed by atoms with Gasteiger partial charge in [0.05, 0.1) is 5.02 Å². The molecule has 0 amide bonds. The van der Waals surface area contributed by atoms with Crippen molar-refractivity contribution in [2.45, 2.75) is 13.0 Å². The quantitative estimate of drug-likeness (QED) is 0.841. The number of fused-ring (bicyclic) bond motifs is 1. The molecule has 0 saturated carbocycles. The topological polar surface area (TPSA) is 33.2 Å². The molecule has 19 heavy (non-hydrogen) atoms. The lowest BCUT2D eigenvalue weighted by Gasteiger charge is -2.30. The number of hydrogen-bond donors (Lipinski definition) is 0. The molecule has 2 aromatic rings. The minimum atomic E-state index is 0.215. The summed E-state index contributed by atoms with van der Waals surface area (Å²) >= 11 is 6.14. The molecular weight excluding hydrogens is 260 g/mol. The standard InChI is InChI=1S/C15H13ClN2O/c16-13-9-17-7-5-11(13)10-18-8-6-15(19)12-3-1-2-4-14(12)18/h1-5,7,9H,6,8,10H2. The lowest BCUT2D eigenvalue weighted by atomic mass is 10.00. The molecule has 0 aliphatic carbocycles. The number of benzene rings is 1. The smallest absolute Gasteiger partial charge is 0.166 e. The van der Waals surface area contributed by atoms with Crippen molar-refractivity contribution in [1.82, 2.24) is 4.98 Å². The van der Waals surface area contributed by atoms with Crippen LogP contribution in [-0.4, -0.2) is 17.3 Å². The number of anilines is 1. The number of nitrogens with zero attached hydrogens (tertiary/aromatic N) is 2. The van der Waals surface area contributed by atoms with E-state index in [0.29, 0.717) is 18.0 Å². The second kappa shape index (κ2) is 5.02. The van der Waals surface area contributed by atoms with E-state index < -0.39 is 0 Å². The molecule has 0 saturated heterocycles. The largest absolute Gasteiger partial charge is 0.366 e. The van der Waals surface area contributed by atoms with Crippen molar-refractivity contribution >= 4 is 23.1 Å². The van der Waals surface area contributed by atoms with Gasteiger partial charge in [-0.2, -0.15) is 0 Å². The van der Waals surface area contributed by atoms with Gasteiger partial charge in [0.2, 0.25) is 0 Å². The van der Waals surface area contributed by atoms with Crippen molar-refractivity contribution < 1.29 is 4.79 Å². The zero-order valence-electron chi connectivity index (χ0n) is 10.3. The van der Waals surface area contributed by atoms with Gasteiger partial charge in [0.15, 0.2) is 5.78 Å². The Morgan fingerprint density at radius 1 is 1.26 bits per heavy atom. The summed E-state index contributed by atoms with van der Waals surface area (Å²) in [5.41, 5.74) is 2.83. The SMILES string of the molecule is O=C1CCN(Cc2ccncc2Cl)c2ccccc21. The Hall–Kier alpha value is -1.87. The zero-order chi connectivity index (χ0) is 13.2. The monoisotopic (exact) mass is 272 g/mol. The second-order valence-electron chi connectivity index (χ2n) is 4.58. The van der Waals surface area contributed by atoms with E-state index in [1.54, 1.807) is 12.4 Å². The molecule has 0 atom stereocenters. The van der Waals surface area contributed by atoms with Crippen LogP contribution in [0.2, 0.25) is 5.02 Å². The normalized spacial score (nSPS) is 14.4. The van der Waals surface area contributed by atoms with Gasteiger partial charge in [0, 0.05) is 43.2 Å². The molecule has 96 valence electrons. The van der Waals surface area contributed by atoms with Crippen LogP contribution in [0.25, 0.3) is 0 Å². The number of ketones is 1. The van der Waals surface area contributed by atoms with E-state index in [4.69, 9.17) is 11.6 Å². The maximum absolute atomic E-state index is 11.9. The molecule has 1 aliphatic rings. The third-order valence-electron chi connectivity index (χ3n) is 3.37. The van der Waals surface area contributed by atoms with Crippen LogP contribution in [0.4, 0.5) is 5.69 Å². The van der Waals surface area contributed by atoms with Gasteiger partial charge in [-0.3, -0.25) is 9.78 Å². The molecule has 0 N–H and O–H groups in total. The Kier molecular flexibility index (Phi) is 3.22.